The summed E-state index contributed by atoms with van der Waals surface area (Å²) in [6.07, 6.45) is 1.74. The molecule has 4 rings (SSSR count). The van der Waals surface area contributed by atoms with Crippen molar-refractivity contribution in [2.24, 2.45) is 0 Å². The summed E-state index contributed by atoms with van der Waals surface area (Å²) >= 11 is 0. The molecule has 0 bridgehead atoms. The Kier molecular flexibility index (Phi) is 4.10. The van der Waals surface area contributed by atoms with Crippen LogP contribution in [0.3, 0.4) is 0 Å². The van der Waals surface area contributed by atoms with E-state index in [-0.39, 0.29) is 11.3 Å². The summed E-state index contributed by atoms with van der Waals surface area (Å²) in [6.45, 7) is 0. The predicted octanol–water partition coefficient (Wildman–Crippen LogP) is 4.19. The van der Waals surface area contributed by atoms with E-state index in [1.165, 1.54) is 18.2 Å². The smallest absolute Gasteiger partial charge is 0.282 e. The first-order valence-corrected chi connectivity index (χ1v) is 8.21. The van der Waals surface area contributed by atoms with Crippen molar-refractivity contribution in [2.45, 2.75) is 0 Å². The maximum atomic E-state index is 12.4. The average molecular weight is 358 g/mol. The minimum absolute atomic E-state index is 0.0205. The number of nitrogens with zero attached hydrogens (tertiary/aromatic N) is 3. The van der Waals surface area contributed by atoms with E-state index in [1.54, 1.807) is 24.5 Å². The van der Waals surface area contributed by atoms with E-state index < -0.39 is 10.8 Å². The zero-order chi connectivity index (χ0) is 18.8. The second kappa shape index (κ2) is 6.72. The van der Waals surface area contributed by atoms with Crippen molar-refractivity contribution in [3.63, 3.8) is 0 Å². The lowest BCUT2D eigenvalue weighted by Crippen LogP contribution is -2.13. The first-order chi connectivity index (χ1) is 13.1. The number of imidazole rings is 1. The van der Waals surface area contributed by atoms with Gasteiger partial charge in [0.2, 0.25) is 0 Å². The van der Waals surface area contributed by atoms with E-state index in [4.69, 9.17) is 0 Å². The minimum atomic E-state index is -0.567. The molecule has 0 radical (unpaired) electrons. The van der Waals surface area contributed by atoms with Gasteiger partial charge in [-0.3, -0.25) is 19.5 Å². The molecule has 0 spiro atoms. The number of benzene rings is 3. The lowest BCUT2D eigenvalue weighted by Gasteiger charge is -2.08. The van der Waals surface area contributed by atoms with Crippen LogP contribution in [0.15, 0.2) is 79.1 Å². The molecule has 7 nitrogen and oxygen atoms in total. The van der Waals surface area contributed by atoms with Gasteiger partial charge >= 0.3 is 0 Å². The van der Waals surface area contributed by atoms with Gasteiger partial charge in [0.25, 0.3) is 11.6 Å². The molecule has 1 heterocycles. The molecule has 1 N–H and O–H groups in total. The molecule has 1 amide bonds. The van der Waals surface area contributed by atoms with Crippen LogP contribution in [0.5, 0.6) is 0 Å². The van der Waals surface area contributed by atoms with Crippen molar-refractivity contribution >= 4 is 28.3 Å². The van der Waals surface area contributed by atoms with E-state index in [1.807, 2.05) is 41.0 Å². The predicted molar refractivity (Wildman–Crippen MR) is 102 cm³/mol. The van der Waals surface area contributed by atoms with Gasteiger partial charge in [-0.05, 0) is 42.5 Å². The number of hydrogen-bond donors (Lipinski definition) is 1. The van der Waals surface area contributed by atoms with Crippen molar-refractivity contribution in [1.29, 1.82) is 0 Å². The number of hydrogen-bond acceptors (Lipinski definition) is 4. The van der Waals surface area contributed by atoms with E-state index in [0.29, 0.717) is 5.69 Å². The van der Waals surface area contributed by atoms with Crippen LogP contribution in [0.25, 0.3) is 16.7 Å². The van der Waals surface area contributed by atoms with E-state index in [2.05, 4.69) is 10.3 Å². The number of carbonyl (C=O) groups excluding carboxylic acids is 1. The number of amides is 1. The number of nitro groups is 1. The highest BCUT2D eigenvalue weighted by Crippen LogP contribution is 2.22. The lowest BCUT2D eigenvalue weighted by atomic mass is 10.1. The zero-order valence-corrected chi connectivity index (χ0v) is 14.1. The van der Waals surface area contributed by atoms with E-state index >= 15 is 0 Å². The minimum Gasteiger partial charge on any atom is -0.322 e. The fourth-order valence-corrected chi connectivity index (χ4v) is 2.89. The van der Waals surface area contributed by atoms with Gasteiger partial charge in [0, 0.05) is 17.4 Å². The summed E-state index contributed by atoms with van der Waals surface area (Å²) in [7, 11) is 0. The Hall–Kier alpha value is -4.00. The third-order valence-corrected chi connectivity index (χ3v) is 4.20. The van der Waals surface area contributed by atoms with E-state index in [0.717, 1.165) is 16.7 Å². The fraction of sp³-hybridized carbons (Fsp3) is 0. The Balaban J connectivity index is 1.58. The van der Waals surface area contributed by atoms with Crippen LogP contribution in [0.4, 0.5) is 11.4 Å². The zero-order valence-electron chi connectivity index (χ0n) is 14.1. The summed E-state index contributed by atoms with van der Waals surface area (Å²) in [6, 6.07) is 20.8. The molecule has 0 unspecified atom stereocenters. The molecule has 7 heteroatoms. The number of para-hydroxylation sites is 3. The van der Waals surface area contributed by atoms with Crippen LogP contribution in [0.2, 0.25) is 0 Å². The second-order valence-corrected chi connectivity index (χ2v) is 5.88. The third kappa shape index (κ3) is 3.13. The van der Waals surface area contributed by atoms with Gasteiger partial charge in [-0.25, -0.2) is 4.98 Å². The molecule has 0 aliphatic carbocycles. The highest BCUT2D eigenvalue weighted by atomic mass is 16.6. The normalized spacial score (nSPS) is 10.7. The molecule has 0 aliphatic rings. The summed E-state index contributed by atoms with van der Waals surface area (Å²) < 4.78 is 1.95. The molecule has 4 aromatic rings. The average Bonchev–Trinajstić information content (AvgIpc) is 3.12. The van der Waals surface area contributed by atoms with Gasteiger partial charge in [0.05, 0.1) is 16.0 Å². The largest absolute Gasteiger partial charge is 0.322 e. The standard InChI is InChI=1S/C20H14N4O3/c25-20(16-5-1-3-7-18(16)24(26)27)22-14-9-11-15(12-10-14)23-13-21-17-6-2-4-8-19(17)23/h1-13H,(H,22,25). The molecule has 0 aliphatic heterocycles. The molecular formula is C20H14N4O3. The SMILES string of the molecule is O=C(Nc1ccc(-n2cnc3ccccc32)cc1)c1ccccc1[N+](=O)[O-]. The maximum absolute atomic E-state index is 12.4. The molecule has 3 aromatic carbocycles. The molecule has 132 valence electrons. The first kappa shape index (κ1) is 16.5. The monoisotopic (exact) mass is 358 g/mol. The van der Waals surface area contributed by atoms with Crippen LogP contribution in [-0.2, 0) is 0 Å². The molecule has 0 saturated heterocycles. The van der Waals surface area contributed by atoms with Crippen molar-refractivity contribution in [3.8, 4) is 5.69 Å². The summed E-state index contributed by atoms with van der Waals surface area (Å²) in [4.78, 5) is 27.3. The third-order valence-electron chi connectivity index (χ3n) is 4.20. The van der Waals surface area contributed by atoms with Crippen molar-refractivity contribution in [1.82, 2.24) is 9.55 Å². The van der Waals surface area contributed by atoms with Crippen LogP contribution in [0, 0.1) is 10.1 Å². The van der Waals surface area contributed by atoms with Gasteiger partial charge in [-0.15, -0.1) is 0 Å². The maximum Gasteiger partial charge on any atom is 0.282 e. The highest BCUT2D eigenvalue weighted by Gasteiger charge is 2.19. The number of nitrogens with one attached hydrogen (secondary N) is 1. The fourth-order valence-electron chi connectivity index (χ4n) is 2.89. The Morgan fingerprint density at radius 2 is 1.67 bits per heavy atom. The number of fused-ring (bicyclic) bond motifs is 1. The van der Waals surface area contributed by atoms with Gasteiger partial charge < -0.3 is 5.32 Å². The topological polar surface area (TPSA) is 90.1 Å². The molecule has 27 heavy (non-hydrogen) atoms. The number of aromatic nitrogens is 2. The molecule has 1 aromatic heterocycles. The molecule has 0 atom stereocenters. The molecular weight excluding hydrogens is 344 g/mol. The Morgan fingerprint density at radius 3 is 2.44 bits per heavy atom. The molecule has 0 fully saturated rings. The number of carbonyl (C=O) groups is 1. The Morgan fingerprint density at radius 1 is 0.963 bits per heavy atom. The van der Waals surface area contributed by atoms with Crippen LogP contribution in [-0.4, -0.2) is 20.4 Å². The van der Waals surface area contributed by atoms with Gasteiger partial charge in [-0.2, -0.15) is 0 Å². The van der Waals surface area contributed by atoms with Gasteiger partial charge in [0.15, 0.2) is 0 Å². The summed E-state index contributed by atoms with van der Waals surface area (Å²) in [5, 5.41) is 13.8. The lowest BCUT2D eigenvalue weighted by molar-refractivity contribution is -0.385. The Labute approximate surface area is 154 Å². The van der Waals surface area contributed by atoms with Gasteiger partial charge in [0.1, 0.15) is 11.9 Å². The number of anilines is 1. The number of rotatable bonds is 4. The van der Waals surface area contributed by atoms with Crippen molar-refractivity contribution < 1.29 is 9.72 Å². The summed E-state index contributed by atoms with van der Waals surface area (Å²) in [5.41, 5.74) is 3.11. The first-order valence-electron chi connectivity index (χ1n) is 8.21. The highest BCUT2D eigenvalue weighted by molar-refractivity contribution is 6.07. The number of nitro benzene ring substituents is 1. The summed E-state index contributed by atoms with van der Waals surface area (Å²) in [5.74, 6) is -0.525. The van der Waals surface area contributed by atoms with Crippen LogP contribution in [0.1, 0.15) is 10.4 Å². The second-order valence-electron chi connectivity index (χ2n) is 5.88. The van der Waals surface area contributed by atoms with Crippen LogP contribution >= 0.6 is 0 Å². The molecule has 0 saturated carbocycles. The van der Waals surface area contributed by atoms with Crippen molar-refractivity contribution in [3.05, 3.63) is 94.8 Å². The van der Waals surface area contributed by atoms with Crippen LogP contribution < -0.4 is 5.32 Å². The van der Waals surface area contributed by atoms with E-state index in [9.17, 15) is 14.9 Å². The quantitative estimate of drug-likeness (QED) is 0.437. The Bertz CT molecular complexity index is 1150. The van der Waals surface area contributed by atoms with Crippen molar-refractivity contribution in [2.75, 3.05) is 5.32 Å². The van der Waals surface area contributed by atoms with Gasteiger partial charge in [-0.1, -0.05) is 24.3 Å².